The number of nitrogens with two attached hydrogens (primary N) is 1. The second kappa shape index (κ2) is 7.53. The van der Waals surface area contributed by atoms with Crippen molar-refractivity contribution in [3.8, 4) is 5.75 Å². The first-order valence-corrected chi connectivity index (χ1v) is 7.87. The van der Waals surface area contributed by atoms with E-state index in [2.05, 4.69) is 0 Å². The van der Waals surface area contributed by atoms with Gasteiger partial charge in [0.1, 0.15) is 12.4 Å². The SMILES string of the molecule is CC(C)[C@H](OC(=O)[C@H]1COc2ccc(Cl)cc2C1)C(=O)NC(N)=O. The number of ether oxygens (including phenoxy) is 2. The Hall–Kier alpha value is -2.28. The predicted octanol–water partition coefficient (Wildman–Crippen LogP) is 1.65. The highest BCUT2D eigenvalue weighted by molar-refractivity contribution is 6.30. The highest BCUT2D eigenvalue weighted by atomic mass is 35.5. The van der Waals surface area contributed by atoms with Gasteiger partial charge in [0.15, 0.2) is 6.10 Å². The van der Waals surface area contributed by atoms with Gasteiger partial charge < -0.3 is 15.2 Å². The van der Waals surface area contributed by atoms with Crippen LogP contribution in [0.2, 0.25) is 5.02 Å². The van der Waals surface area contributed by atoms with Crippen LogP contribution in [0.1, 0.15) is 19.4 Å². The van der Waals surface area contributed by atoms with Crippen LogP contribution in [0.25, 0.3) is 0 Å². The highest BCUT2D eigenvalue weighted by Gasteiger charge is 2.33. The minimum atomic E-state index is -1.11. The van der Waals surface area contributed by atoms with Crippen LogP contribution in [-0.4, -0.2) is 30.6 Å². The number of fused-ring (bicyclic) bond motifs is 1. The highest BCUT2D eigenvalue weighted by Crippen LogP contribution is 2.30. The minimum absolute atomic E-state index is 0.149. The number of imide groups is 1. The number of halogens is 1. The predicted molar refractivity (Wildman–Crippen MR) is 86.6 cm³/mol. The van der Waals surface area contributed by atoms with Gasteiger partial charge in [0.25, 0.3) is 5.91 Å². The molecular weight excluding hydrogens is 336 g/mol. The number of hydrogen-bond acceptors (Lipinski definition) is 5. The first-order valence-electron chi connectivity index (χ1n) is 7.50. The first-order chi connectivity index (χ1) is 11.3. The maximum Gasteiger partial charge on any atom is 0.318 e. The fraction of sp³-hybridized carbons (Fsp3) is 0.438. The van der Waals surface area contributed by atoms with Crippen LogP contribution in [-0.2, 0) is 20.7 Å². The molecule has 24 heavy (non-hydrogen) atoms. The van der Waals surface area contributed by atoms with E-state index in [0.717, 1.165) is 5.56 Å². The molecule has 3 N–H and O–H groups in total. The number of amides is 3. The van der Waals surface area contributed by atoms with Gasteiger partial charge in [-0.05, 0) is 36.1 Å². The van der Waals surface area contributed by atoms with Crippen LogP contribution >= 0.6 is 11.6 Å². The lowest BCUT2D eigenvalue weighted by molar-refractivity contribution is -0.163. The van der Waals surface area contributed by atoms with Crippen LogP contribution < -0.4 is 15.8 Å². The molecular formula is C16H19ClN2O5. The number of carbonyl (C=O) groups is 3. The molecule has 0 saturated carbocycles. The first kappa shape index (κ1) is 18.1. The Kier molecular flexibility index (Phi) is 5.66. The Morgan fingerprint density at radius 1 is 1.38 bits per heavy atom. The standard InChI is InChI=1S/C16H19ClN2O5/c1-8(2)13(14(20)19-16(18)22)24-15(21)10-5-9-6-11(17)3-4-12(9)23-7-10/h3-4,6,8,10,13H,5,7H2,1-2H3,(H3,18,19,20,22)/t10-,13+/m1/s1. The Bertz CT molecular complexity index is 662. The number of rotatable bonds is 4. The summed E-state index contributed by atoms with van der Waals surface area (Å²) in [5, 5.41) is 2.48. The van der Waals surface area contributed by atoms with Gasteiger partial charge in [-0.1, -0.05) is 25.4 Å². The summed E-state index contributed by atoms with van der Waals surface area (Å²) >= 11 is 5.95. The average molecular weight is 355 g/mol. The van der Waals surface area contributed by atoms with Crippen LogP contribution in [0.3, 0.4) is 0 Å². The van der Waals surface area contributed by atoms with Gasteiger partial charge in [-0.2, -0.15) is 0 Å². The normalized spacial score (nSPS) is 17.4. The molecule has 0 fully saturated rings. The van der Waals surface area contributed by atoms with Gasteiger partial charge in [0.05, 0.1) is 5.92 Å². The molecule has 8 heteroatoms. The Balaban J connectivity index is 2.05. The third kappa shape index (κ3) is 4.38. The lowest BCUT2D eigenvalue weighted by atomic mass is 9.96. The summed E-state index contributed by atoms with van der Waals surface area (Å²) in [5.41, 5.74) is 5.73. The van der Waals surface area contributed by atoms with Gasteiger partial charge >= 0.3 is 12.0 Å². The third-order valence-corrected chi connectivity index (χ3v) is 3.85. The second-order valence-electron chi connectivity index (χ2n) is 5.92. The molecule has 0 radical (unpaired) electrons. The van der Waals surface area contributed by atoms with Crippen molar-refractivity contribution in [3.05, 3.63) is 28.8 Å². The van der Waals surface area contributed by atoms with Crippen LogP contribution in [0.5, 0.6) is 5.75 Å². The van der Waals surface area contributed by atoms with E-state index < -0.39 is 29.9 Å². The molecule has 2 rings (SSSR count). The van der Waals surface area contributed by atoms with E-state index in [1.54, 1.807) is 32.0 Å². The number of nitrogens with one attached hydrogen (secondary N) is 1. The zero-order chi connectivity index (χ0) is 17.9. The number of carbonyl (C=O) groups excluding carboxylic acids is 3. The topological polar surface area (TPSA) is 108 Å². The summed E-state index contributed by atoms with van der Waals surface area (Å²) in [6.45, 7) is 3.55. The zero-order valence-electron chi connectivity index (χ0n) is 13.4. The molecule has 0 spiro atoms. The lowest BCUT2D eigenvalue weighted by Gasteiger charge is -2.27. The molecule has 0 aliphatic carbocycles. The summed E-state index contributed by atoms with van der Waals surface area (Å²) in [7, 11) is 0. The monoisotopic (exact) mass is 354 g/mol. The number of urea groups is 1. The number of benzene rings is 1. The number of hydrogen-bond donors (Lipinski definition) is 2. The molecule has 2 atom stereocenters. The van der Waals surface area contributed by atoms with Crippen molar-refractivity contribution < 1.29 is 23.9 Å². The van der Waals surface area contributed by atoms with E-state index in [4.69, 9.17) is 26.8 Å². The molecule has 3 amide bonds. The summed E-state index contributed by atoms with van der Waals surface area (Å²) in [4.78, 5) is 35.1. The van der Waals surface area contributed by atoms with Crippen molar-refractivity contribution in [1.29, 1.82) is 0 Å². The second-order valence-corrected chi connectivity index (χ2v) is 6.36. The average Bonchev–Trinajstić information content (AvgIpc) is 2.50. The molecule has 0 saturated heterocycles. The number of primary amides is 1. The van der Waals surface area contributed by atoms with E-state index in [0.29, 0.717) is 17.2 Å². The van der Waals surface area contributed by atoms with E-state index in [9.17, 15) is 14.4 Å². The summed E-state index contributed by atoms with van der Waals surface area (Å²) < 4.78 is 10.8. The van der Waals surface area contributed by atoms with Crippen LogP contribution in [0.4, 0.5) is 4.79 Å². The van der Waals surface area contributed by atoms with Gasteiger partial charge in [-0.15, -0.1) is 0 Å². The van der Waals surface area contributed by atoms with Gasteiger partial charge in [-0.3, -0.25) is 14.9 Å². The smallest absolute Gasteiger partial charge is 0.318 e. The van der Waals surface area contributed by atoms with Crippen molar-refractivity contribution in [2.75, 3.05) is 6.61 Å². The fourth-order valence-corrected chi connectivity index (χ4v) is 2.62. The minimum Gasteiger partial charge on any atom is -0.492 e. The van der Waals surface area contributed by atoms with E-state index in [1.165, 1.54) is 0 Å². The summed E-state index contributed by atoms with van der Waals surface area (Å²) in [6, 6.07) is 4.19. The van der Waals surface area contributed by atoms with Gasteiger partial charge in [-0.25, -0.2) is 4.79 Å². The van der Waals surface area contributed by atoms with Crippen molar-refractivity contribution in [2.45, 2.75) is 26.4 Å². The fourth-order valence-electron chi connectivity index (χ4n) is 2.42. The molecule has 1 aromatic rings. The Morgan fingerprint density at radius 3 is 2.71 bits per heavy atom. The van der Waals surface area contributed by atoms with Crippen molar-refractivity contribution in [2.24, 2.45) is 17.6 Å². The van der Waals surface area contributed by atoms with Crippen LogP contribution in [0.15, 0.2) is 18.2 Å². The molecule has 1 aromatic carbocycles. The lowest BCUT2D eigenvalue weighted by Crippen LogP contribution is -2.46. The van der Waals surface area contributed by atoms with E-state index in [-0.39, 0.29) is 12.5 Å². The van der Waals surface area contributed by atoms with Crippen LogP contribution in [0, 0.1) is 11.8 Å². The molecule has 0 unspecified atom stereocenters. The Morgan fingerprint density at radius 2 is 2.08 bits per heavy atom. The zero-order valence-corrected chi connectivity index (χ0v) is 14.1. The maximum absolute atomic E-state index is 12.4. The molecule has 1 heterocycles. The molecule has 0 bridgehead atoms. The molecule has 130 valence electrons. The van der Waals surface area contributed by atoms with Crippen molar-refractivity contribution >= 4 is 29.5 Å². The molecule has 1 aliphatic heterocycles. The van der Waals surface area contributed by atoms with Gasteiger partial charge in [0.2, 0.25) is 0 Å². The number of esters is 1. The largest absolute Gasteiger partial charge is 0.492 e. The molecule has 1 aliphatic rings. The third-order valence-electron chi connectivity index (χ3n) is 3.62. The Labute approximate surface area is 144 Å². The molecule has 0 aromatic heterocycles. The quantitative estimate of drug-likeness (QED) is 0.799. The van der Waals surface area contributed by atoms with Crippen molar-refractivity contribution in [3.63, 3.8) is 0 Å². The maximum atomic E-state index is 12.4. The molecule has 7 nitrogen and oxygen atoms in total. The summed E-state index contributed by atoms with van der Waals surface area (Å²) in [6.07, 6.45) is -0.706. The summed E-state index contributed by atoms with van der Waals surface area (Å²) in [5.74, 6) is -1.52. The van der Waals surface area contributed by atoms with Crippen molar-refractivity contribution in [1.82, 2.24) is 5.32 Å². The van der Waals surface area contributed by atoms with E-state index >= 15 is 0 Å². The van der Waals surface area contributed by atoms with E-state index in [1.807, 2.05) is 5.32 Å². The van der Waals surface area contributed by atoms with Gasteiger partial charge in [0, 0.05) is 5.02 Å².